The van der Waals surface area contributed by atoms with Crippen molar-refractivity contribution in [1.82, 2.24) is 39.0 Å². The van der Waals surface area contributed by atoms with Gasteiger partial charge in [-0.25, -0.2) is 29.1 Å². The summed E-state index contributed by atoms with van der Waals surface area (Å²) in [7, 11) is -2.15. The van der Waals surface area contributed by atoms with Crippen molar-refractivity contribution in [3.05, 3.63) is 96.6 Å². The Bertz CT molecular complexity index is 2650. The fourth-order valence-electron chi connectivity index (χ4n) is 5.69. The van der Waals surface area contributed by atoms with Gasteiger partial charge in [0.15, 0.2) is 46.6 Å². The SMILES string of the molecule is COc1nc(N)nc2c1ncn2CCOC[C@H](O[P+]([O-])=N[C@@H](C)C(=O)O)c1ccccc1.COc1nc(N)nc2c1ncn2CCOC[C@H](O[P+]([O-])=N[C@@H](C)C(=O)O)c1ccccc1.O=C(O)/C=C/C(=O)O. The summed E-state index contributed by atoms with van der Waals surface area (Å²) in [6.07, 6.45) is 2.90. The van der Waals surface area contributed by atoms with E-state index in [9.17, 15) is 29.0 Å². The van der Waals surface area contributed by atoms with Gasteiger partial charge in [-0.3, -0.25) is 0 Å². The van der Waals surface area contributed by atoms with Gasteiger partial charge in [0, 0.05) is 25.2 Å². The number of methoxy groups -OCH3 is 2. The monoisotopic (exact) mass is 1040 g/mol. The minimum absolute atomic E-state index is 0.0673. The summed E-state index contributed by atoms with van der Waals surface area (Å²) in [5.74, 6) is -4.17. The van der Waals surface area contributed by atoms with E-state index in [0.29, 0.717) is 47.6 Å². The maximum Gasteiger partial charge on any atom is 0.343 e. The van der Waals surface area contributed by atoms with Crippen LogP contribution in [0.5, 0.6) is 11.8 Å². The number of hydrogen-bond donors (Lipinski definition) is 6. The second kappa shape index (κ2) is 28.9. The third kappa shape index (κ3) is 18.2. The predicted octanol–water partition coefficient (Wildman–Crippen LogP) is 2.75. The van der Waals surface area contributed by atoms with Crippen molar-refractivity contribution in [2.24, 2.45) is 9.49 Å². The molecule has 0 aliphatic carbocycles. The van der Waals surface area contributed by atoms with Gasteiger partial charge in [-0.1, -0.05) is 70.2 Å². The van der Waals surface area contributed by atoms with E-state index in [1.165, 1.54) is 28.1 Å². The number of nitrogens with two attached hydrogens (primary N) is 2. The van der Waals surface area contributed by atoms with Crippen molar-refractivity contribution in [3.63, 3.8) is 0 Å². The zero-order valence-electron chi connectivity index (χ0n) is 38.8. The first-order chi connectivity index (χ1) is 34.4. The van der Waals surface area contributed by atoms with Gasteiger partial charge in [-0.15, -0.1) is 0 Å². The predicted molar refractivity (Wildman–Crippen MR) is 252 cm³/mol. The number of rotatable bonds is 24. The van der Waals surface area contributed by atoms with E-state index in [0.717, 1.165) is 11.1 Å². The fourth-order valence-corrected chi connectivity index (χ4v) is 7.37. The molecule has 0 aliphatic heterocycles. The van der Waals surface area contributed by atoms with E-state index in [4.69, 9.17) is 59.9 Å². The van der Waals surface area contributed by atoms with E-state index < -0.39 is 64.5 Å². The highest BCUT2D eigenvalue weighted by molar-refractivity contribution is 7.33. The van der Waals surface area contributed by atoms with Gasteiger partial charge < -0.3 is 69.8 Å². The minimum Gasteiger partial charge on any atom is -0.583 e. The molecule has 0 spiro atoms. The first-order valence-electron chi connectivity index (χ1n) is 21.0. The standard InChI is InChI=1S/2C19H23N6O6P.C4H4O4/c2*1-12(18(26)27)24-32(28)31-14(13-6-4-3-5-7-13)10-30-9-8-25-11-21-15-16(25)22-19(20)23-17(15)29-2;5-3(6)1-2-4(7)8/h2*3-7,11-12,14H,8-10H2,1-2H3,(H,26,27)(H2,20,22,23);1-2H,(H,5,6)(H,7,8)/b;;2-1+/t2*12-,14-;/m00./s1. The Morgan fingerprint density at radius 3 is 1.32 bits per heavy atom. The van der Waals surface area contributed by atoms with Crippen LogP contribution in [-0.2, 0) is 50.8 Å². The third-order valence-corrected chi connectivity index (χ3v) is 11.1. The van der Waals surface area contributed by atoms with Crippen LogP contribution < -0.4 is 30.7 Å². The lowest BCUT2D eigenvalue weighted by molar-refractivity contribution is -0.182. The van der Waals surface area contributed by atoms with E-state index in [1.807, 2.05) is 36.4 Å². The van der Waals surface area contributed by atoms with E-state index >= 15 is 0 Å². The summed E-state index contributed by atoms with van der Waals surface area (Å²) >= 11 is 0. The number of imidazole rings is 2. The third-order valence-electron chi connectivity index (χ3n) is 9.17. The van der Waals surface area contributed by atoms with Gasteiger partial charge in [0.25, 0.3) is 0 Å². The minimum atomic E-state index is -2.55. The number of ether oxygens (including phenoxy) is 4. The molecule has 4 aromatic heterocycles. The van der Waals surface area contributed by atoms with Gasteiger partial charge in [0.2, 0.25) is 23.7 Å². The number of fused-ring (bicyclic) bond motifs is 2. The molecule has 6 aromatic rings. The highest BCUT2D eigenvalue weighted by Gasteiger charge is 2.24. The Kier molecular flexibility index (Phi) is 22.8. The molecule has 28 nitrogen and oxygen atoms in total. The lowest BCUT2D eigenvalue weighted by Gasteiger charge is -2.14. The molecule has 0 fully saturated rings. The van der Waals surface area contributed by atoms with Gasteiger partial charge >= 0.3 is 40.2 Å². The van der Waals surface area contributed by atoms with Crippen molar-refractivity contribution in [1.29, 1.82) is 0 Å². The summed E-state index contributed by atoms with van der Waals surface area (Å²) in [5.41, 5.74) is 14.9. The summed E-state index contributed by atoms with van der Waals surface area (Å²) < 4.78 is 43.6. The van der Waals surface area contributed by atoms with Crippen molar-refractivity contribution in [3.8, 4) is 11.8 Å². The zero-order chi connectivity index (χ0) is 52.7. The Labute approximate surface area is 411 Å². The number of nitrogens with zero attached hydrogens (tertiary/aromatic N) is 10. The van der Waals surface area contributed by atoms with Crippen molar-refractivity contribution in [2.75, 3.05) is 52.1 Å². The number of aliphatic carboxylic acids is 4. The lowest BCUT2D eigenvalue weighted by atomic mass is 10.1. The number of hydrogen-bond acceptors (Lipinski definition) is 22. The molecule has 0 radical (unpaired) electrons. The molecule has 384 valence electrons. The summed E-state index contributed by atoms with van der Waals surface area (Å²) in [6, 6.07) is 15.8. The molecular weight excluding hydrogens is 990 g/mol. The Morgan fingerprint density at radius 2 is 1.00 bits per heavy atom. The fraction of sp³-hybridized carbons (Fsp3) is 0.333. The molecule has 0 amide bonds. The van der Waals surface area contributed by atoms with Crippen LogP contribution in [0.3, 0.4) is 0 Å². The molecule has 6 atom stereocenters. The Balaban J connectivity index is 0.000000271. The maximum atomic E-state index is 12.2. The second-order valence-corrected chi connectivity index (χ2v) is 16.1. The smallest absolute Gasteiger partial charge is 0.343 e. The Morgan fingerprint density at radius 1 is 0.639 bits per heavy atom. The van der Waals surface area contributed by atoms with Crippen molar-refractivity contribution >= 4 is 74.4 Å². The van der Waals surface area contributed by atoms with Gasteiger partial charge in [-0.05, 0) is 25.0 Å². The number of nitrogen functional groups attached to an aromatic ring is 2. The van der Waals surface area contributed by atoms with Crippen LogP contribution in [0.15, 0.2) is 95.0 Å². The van der Waals surface area contributed by atoms with Crippen molar-refractivity contribution < 1.29 is 77.4 Å². The van der Waals surface area contributed by atoms with Crippen LogP contribution >= 0.6 is 16.3 Å². The second-order valence-electron chi connectivity index (χ2n) is 14.3. The maximum absolute atomic E-state index is 12.2. The molecule has 0 bridgehead atoms. The molecule has 4 heterocycles. The first kappa shape index (κ1) is 56.9. The summed E-state index contributed by atoms with van der Waals surface area (Å²) in [4.78, 5) is 90.2. The number of aromatic nitrogens is 8. The number of carboxylic acid groups (broad SMARTS) is 4. The number of benzene rings is 2. The normalized spacial score (nSPS) is 13.3. The van der Waals surface area contributed by atoms with Crippen LogP contribution in [0.25, 0.3) is 22.3 Å². The molecule has 0 saturated carbocycles. The average Bonchev–Trinajstić information content (AvgIpc) is 3.96. The quantitative estimate of drug-likeness (QED) is 0.0288. The lowest BCUT2D eigenvalue weighted by Crippen LogP contribution is -2.16. The number of carboxylic acids is 4. The Hall–Kier alpha value is -7.68. The van der Waals surface area contributed by atoms with E-state index in [2.05, 4.69) is 39.4 Å². The largest absolute Gasteiger partial charge is 0.583 e. The molecule has 72 heavy (non-hydrogen) atoms. The number of anilines is 2. The average molecular weight is 1040 g/mol. The first-order valence-corrected chi connectivity index (χ1v) is 23.3. The summed E-state index contributed by atoms with van der Waals surface area (Å²) in [5, 5.41) is 33.5. The van der Waals surface area contributed by atoms with E-state index in [-0.39, 0.29) is 50.1 Å². The van der Waals surface area contributed by atoms with Crippen LogP contribution in [0.1, 0.15) is 37.2 Å². The van der Waals surface area contributed by atoms with Gasteiger partial charge in [-0.2, -0.15) is 29.0 Å². The molecule has 0 aliphatic rings. The zero-order valence-corrected chi connectivity index (χ0v) is 40.6. The van der Waals surface area contributed by atoms with Crippen LogP contribution in [-0.4, -0.2) is 136 Å². The van der Waals surface area contributed by atoms with E-state index in [1.54, 1.807) is 46.1 Å². The van der Waals surface area contributed by atoms with Crippen molar-refractivity contribution in [2.45, 2.75) is 51.2 Å². The van der Waals surface area contributed by atoms with Crippen LogP contribution in [0.2, 0.25) is 0 Å². The molecule has 0 saturated heterocycles. The number of carbonyl (C=O) groups is 4. The highest BCUT2D eigenvalue weighted by atomic mass is 31.1. The molecule has 2 aromatic carbocycles. The molecule has 30 heteroatoms. The van der Waals surface area contributed by atoms with Gasteiger partial charge in [0.1, 0.15) is 0 Å². The molecule has 6 rings (SSSR count). The topological polar surface area (TPSA) is 415 Å². The van der Waals surface area contributed by atoms with Crippen LogP contribution in [0.4, 0.5) is 11.9 Å². The summed E-state index contributed by atoms with van der Waals surface area (Å²) in [6.45, 7) is 4.16. The van der Waals surface area contributed by atoms with Crippen LogP contribution in [0, 0.1) is 0 Å². The molecule has 8 N–H and O–H groups in total. The molecular formula is C42H50N12O16P2. The van der Waals surface area contributed by atoms with Gasteiger partial charge in [0.05, 0.1) is 53.3 Å². The molecule has 2 unspecified atom stereocenters. The highest BCUT2D eigenvalue weighted by Crippen LogP contribution is 2.32.